The van der Waals surface area contributed by atoms with Crippen molar-refractivity contribution in [2.75, 3.05) is 6.26 Å². The van der Waals surface area contributed by atoms with Gasteiger partial charge < -0.3 is 5.11 Å². The van der Waals surface area contributed by atoms with Crippen LogP contribution in [0.1, 0.15) is 5.69 Å². The number of hydrogen-bond acceptors (Lipinski definition) is 4. The molecule has 4 nitrogen and oxygen atoms in total. The third kappa shape index (κ3) is 2.13. The van der Waals surface area contributed by atoms with E-state index in [9.17, 15) is 5.11 Å². The maximum Gasteiger partial charge on any atom is 0.229 e. The number of aromatic nitrogens is 3. The van der Waals surface area contributed by atoms with Crippen molar-refractivity contribution in [3.05, 3.63) is 41.0 Å². The summed E-state index contributed by atoms with van der Waals surface area (Å²) in [5, 5.41) is 15.3. The Kier molecular flexibility index (Phi) is 3.31. The van der Waals surface area contributed by atoms with Gasteiger partial charge in [0, 0.05) is 16.7 Å². The lowest BCUT2D eigenvalue weighted by molar-refractivity contribution is 0.420. The number of benzene rings is 1. The van der Waals surface area contributed by atoms with Crippen LogP contribution in [0.3, 0.4) is 0 Å². The summed E-state index contributed by atoms with van der Waals surface area (Å²) in [6.07, 6.45) is 1.90. The SMILES string of the molecule is CSc1c(C)nc2cc(-c3ccc(Cl)cc3)nn2c1O. The third-order valence-electron chi connectivity index (χ3n) is 3.05. The predicted molar refractivity (Wildman–Crippen MR) is 81.6 cm³/mol. The molecule has 0 amide bonds. The Morgan fingerprint density at radius 3 is 2.60 bits per heavy atom. The summed E-state index contributed by atoms with van der Waals surface area (Å²) in [5.74, 6) is 0.125. The van der Waals surface area contributed by atoms with E-state index < -0.39 is 0 Å². The second kappa shape index (κ2) is 5.00. The average Bonchev–Trinajstić information content (AvgIpc) is 2.84. The molecule has 0 saturated carbocycles. The molecule has 20 heavy (non-hydrogen) atoms. The first-order valence-corrected chi connectivity index (χ1v) is 7.59. The molecule has 0 aliphatic heterocycles. The monoisotopic (exact) mass is 305 g/mol. The Hall–Kier alpha value is -1.72. The zero-order chi connectivity index (χ0) is 14.3. The first-order valence-electron chi connectivity index (χ1n) is 5.99. The van der Waals surface area contributed by atoms with Crippen LogP contribution in [0.25, 0.3) is 16.9 Å². The van der Waals surface area contributed by atoms with Gasteiger partial charge in [0.2, 0.25) is 5.88 Å². The van der Waals surface area contributed by atoms with Crippen LogP contribution < -0.4 is 0 Å². The number of hydrogen-bond donors (Lipinski definition) is 1. The van der Waals surface area contributed by atoms with Crippen molar-refractivity contribution in [1.82, 2.24) is 14.6 Å². The zero-order valence-electron chi connectivity index (χ0n) is 11.0. The molecule has 1 N–H and O–H groups in total. The highest BCUT2D eigenvalue weighted by molar-refractivity contribution is 7.98. The van der Waals surface area contributed by atoms with Gasteiger partial charge >= 0.3 is 0 Å². The van der Waals surface area contributed by atoms with Crippen molar-refractivity contribution < 1.29 is 5.11 Å². The highest BCUT2D eigenvalue weighted by Gasteiger charge is 2.14. The molecule has 3 aromatic rings. The van der Waals surface area contributed by atoms with E-state index in [4.69, 9.17) is 11.6 Å². The lowest BCUT2D eigenvalue weighted by atomic mass is 10.2. The van der Waals surface area contributed by atoms with Gasteiger partial charge in [-0.2, -0.15) is 9.61 Å². The Morgan fingerprint density at radius 1 is 1.25 bits per heavy atom. The molecule has 3 rings (SSSR count). The number of halogens is 1. The molecule has 0 bridgehead atoms. The normalized spacial score (nSPS) is 11.2. The minimum Gasteiger partial charge on any atom is -0.492 e. The molecule has 0 aliphatic rings. The lowest BCUT2D eigenvalue weighted by Crippen LogP contribution is -1.96. The van der Waals surface area contributed by atoms with Crippen LogP contribution in [0.5, 0.6) is 5.88 Å². The van der Waals surface area contributed by atoms with Crippen molar-refractivity contribution in [1.29, 1.82) is 0 Å². The number of fused-ring (bicyclic) bond motifs is 1. The Labute approximate surface area is 125 Å². The third-order valence-corrected chi connectivity index (χ3v) is 4.19. The van der Waals surface area contributed by atoms with Crippen molar-refractivity contribution in [2.24, 2.45) is 0 Å². The molecule has 0 aliphatic carbocycles. The standard InChI is InChI=1S/C14H12ClN3OS/c1-8-13(20-2)14(19)18-12(16-8)7-11(17-18)9-3-5-10(15)6-4-9/h3-7,19H,1-2H3. The van der Waals surface area contributed by atoms with Crippen LogP contribution in [-0.4, -0.2) is 26.0 Å². The fourth-order valence-corrected chi connectivity index (χ4v) is 2.82. The molecule has 6 heteroatoms. The summed E-state index contributed by atoms with van der Waals surface area (Å²) in [7, 11) is 0. The van der Waals surface area contributed by atoms with Gasteiger partial charge in [-0.1, -0.05) is 23.7 Å². The molecule has 2 heterocycles. The fraction of sp³-hybridized carbons (Fsp3) is 0.143. The molecule has 102 valence electrons. The van der Waals surface area contributed by atoms with E-state index in [0.29, 0.717) is 10.7 Å². The molecular weight excluding hydrogens is 294 g/mol. The van der Waals surface area contributed by atoms with E-state index in [-0.39, 0.29) is 5.88 Å². The fourth-order valence-electron chi connectivity index (χ4n) is 2.09. The topological polar surface area (TPSA) is 50.4 Å². The van der Waals surface area contributed by atoms with Gasteiger partial charge in [0.05, 0.1) is 16.3 Å². The highest BCUT2D eigenvalue weighted by atomic mass is 35.5. The molecule has 0 spiro atoms. The molecule has 0 saturated heterocycles. The lowest BCUT2D eigenvalue weighted by Gasteiger charge is -2.05. The van der Waals surface area contributed by atoms with Crippen LogP contribution in [0, 0.1) is 6.92 Å². The average molecular weight is 306 g/mol. The number of thioether (sulfide) groups is 1. The molecular formula is C14H12ClN3OS. The van der Waals surface area contributed by atoms with E-state index in [2.05, 4.69) is 10.1 Å². The molecule has 2 aromatic heterocycles. The first-order chi connectivity index (χ1) is 9.60. The van der Waals surface area contributed by atoms with Crippen molar-refractivity contribution >= 4 is 29.0 Å². The van der Waals surface area contributed by atoms with E-state index >= 15 is 0 Å². The second-order valence-electron chi connectivity index (χ2n) is 4.36. The largest absolute Gasteiger partial charge is 0.492 e. The Morgan fingerprint density at radius 2 is 1.95 bits per heavy atom. The summed E-state index contributed by atoms with van der Waals surface area (Å²) in [5.41, 5.74) is 3.11. The Balaban J connectivity index is 2.20. The zero-order valence-corrected chi connectivity index (χ0v) is 12.5. The molecule has 0 fully saturated rings. The van der Waals surface area contributed by atoms with Crippen LogP contribution in [0.15, 0.2) is 35.2 Å². The summed E-state index contributed by atoms with van der Waals surface area (Å²) in [6.45, 7) is 1.88. The quantitative estimate of drug-likeness (QED) is 0.732. The second-order valence-corrected chi connectivity index (χ2v) is 5.61. The maximum atomic E-state index is 10.3. The number of nitrogens with zero attached hydrogens (tertiary/aromatic N) is 3. The summed E-state index contributed by atoms with van der Waals surface area (Å²) in [6, 6.07) is 9.26. The van der Waals surface area contributed by atoms with E-state index in [1.165, 1.54) is 16.3 Å². The highest BCUT2D eigenvalue weighted by Crippen LogP contribution is 2.31. The predicted octanol–water partition coefficient (Wildman–Crippen LogP) is 3.79. The minimum atomic E-state index is 0.125. The number of rotatable bonds is 2. The van der Waals surface area contributed by atoms with Crippen LogP contribution in [0.2, 0.25) is 5.02 Å². The van der Waals surface area contributed by atoms with E-state index in [0.717, 1.165) is 21.8 Å². The molecule has 0 unspecified atom stereocenters. The summed E-state index contributed by atoms with van der Waals surface area (Å²) >= 11 is 7.34. The molecule has 1 aromatic carbocycles. The van der Waals surface area contributed by atoms with Gasteiger partial charge in [-0.05, 0) is 25.3 Å². The van der Waals surface area contributed by atoms with Crippen molar-refractivity contribution in [3.63, 3.8) is 0 Å². The van der Waals surface area contributed by atoms with E-state index in [1.54, 1.807) is 0 Å². The summed E-state index contributed by atoms with van der Waals surface area (Å²) in [4.78, 5) is 5.20. The number of aromatic hydroxyl groups is 1. The van der Waals surface area contributed by atoms with Gasteiger partial charge in [0.1, 0.15) is 0 Å². The Bertz CT molecular complexity index is 783. The van der Waals surface area contributed by atoms with Gasteiger partial charge in [0.15, 0.2) is 5.65 Å². The molecule has 0 radical (unpaired) electrons. The summed E-state index contributed by atoms with van der Waals surface area (Å²) < 4.78 is 1.46. The van der Waals surface area contributed by atoms with Gasteiger partial charge in [-0.3, -0.25) is 0 Å². The van der Waals surface area contributed by atoms with Crippen LogP contribution in [0.4, 0.5) is 0 Å². The number of aryl methyl sites for hydroxylation is 1. The van der Waals surface area contributed by atoms with Gasteiger partial charge in [-0.15, -0.1) is 11.8 Å². The van der Waals surface area contributed by atoms with Crippen LogP contribution >= 0.6 is 23.4 Å². The van der Waals surface area contributed by atoms with E-state index in [1.807, 2.05) is 43.5 Å². The van der Waals surface area contributed by atoms with Gasteiger partial charge in [0.25, 0.3) is 0 Å². The minimum absolute atomic E-state index is 0.125. The van der Waals surface area contributed by atoms with Gasteiger partial charge in [-0.25, -0.2) is 4.98 Å². The van der Waals surface area contributed by atoms with Crippen molar-refractivity contribution in [3.8, 4) is 17.1 Å². The smallest absolute Gasteiger partial charge is 0.229 e. The first kappa shape index (κ1) is 13.3. The molecule has 0 atom stereocenters. The van der Waals surface area contributed by atoms with Crippen molar-refractivity contribution in [2.45, 2.75) is 11.8 Å². The van der Waals surface area contributed by atoms with Crippen LogP contribution in [-0.2, 0) is 0 Å². The maximum absolute atomic E-state index is 10.3.